The average Bonchev–Trinajstić information content (AvgIpc) is 2.85. The second kappa shape index (κ2) is 9.39. The van der Waals surface area contributed by atoms with Crippen LogP contribution in [0.1, 0.15) is 31.5 Å². The standard InChI is InChI=1S/C24H26N6O4/c1-4-18-14-28(15(2)12-29(18)24(32)33)22-21-20(10-7-17(11-25)26-21)30(23(31)27-22)13-16-5-8-19(34-3)9-6-16/h5-10,15,18H,4,12-14H2,1-3H3,(H,32,33)/t15-,18+/m0/s1. The van der Waals surface area contributed by atoms with Gasteiger partial charge in [-0.3, -0.25) is 4.57 Å². The molecule has 176 valence electrons. The number of methoxy groups -OCH3 is 1. The van der Waals surface area contributed by atoms with E-state index < -0.39 is 11.8 Å². The number of amides is 1. The van der Waals surface area contributed by atoms with Gasteiger partial charge in [-0.25, -0.2) is 14.6 Å². The van der Waals surface area contributed by atoms with Crippen LogP contribution in [-0.4, -0.2) is 62.9 Å². The van der Waals surface area contributed by atoms with Crippen molar-refractivity contribution in [1.29, 1.82) is 5.26 Å². The van der Waals surface area contributed by atoms with Crippen molar-refractivity contribution < 1.29 is 14.6 Å². The molecule has 1 aliphatic rings. The van der Waals surface area contributed by atoms with Crippen LogP contribution in [0, 0.1) is 11.3 Å². The Morgan fingerprint density at radius 3 is 2.56 bits per heavy atom. The number of carbonyl (C=O) groups is 1. The molecule has 2 aromatic heterocycles. The summed E-state index contributed by atoms with van der Waals surface area (Å²) in [6.07, 6.45) is -0.338. The minimum atomic E-state index is -0.962. The SMILES string of the molecule is CC[C@@H]1CN(c2nc(=O)n(Cc3ccc(OC)cc3)c3ccc(C#N)nc23)[C@@H](C)CN1C(=O)O. The summed E-state index contributed by atoms with van der Waals surface area (Å²) >= 11 is 0. The molecule has 0 radical (unpaired) electrons. The predicted molar refractivity (Wildman–Crippen MR) is 126 cm³/mol. The normalized spacial score (nSPS) is 18.1. The number of benzene rings is 1. The number of nitrogens with zero attached hydrogens (tertiary/aromatic N) is 6. The molecule has 1 aromatic carbocycles. The lowest BCUT2D eigenvalue weighted by molar-refractivity contribution is 0.108. The van der Waals surface area contributed by atoms with E-state index in [0.717, 1.165) is 11.3 Å². The topological polar surface area (TPSA) is 125 Å². The molecule has 4 rings (SSSR count). The maximum atomic E-state index is 13.2. The first kappa shape index (κ1) is 23.0. The van der Waals surface area contributed by atoms with Crippen molar-refractivity contribution in [3.8, 4) is 11.8 Å². The summed E-state index contributed by atoms with van der Waals surface area (Å²) < 4.78 is 6.74. The van der Waals surface area contributed by atoms with E-state index in [0.29, 0.717) is 29.8 Å². The molecule has 1 amide bonds. The quantitative estimate of drug-likeness (QED) is 0.614. The third-order valence-corrected chi connectivity index (χ3v) is 6.25. The number of carboxylic acid groups (broad SMARTS) is 1. The molecule has 10 heteroatoms. The first-order valence-corrected chi connectivity index (χ1v) is 11.1. The van der Waals surface area contributed by atoms with Gasteiger partial charge < -0.3 is 19.6 Å². The van der Waals surface area contributed by atoms with Crippen LogP contribution >= 0.6 is 0 Å². The third kappa shape index (κ3) is 4.24. The number of anilines is 1. The van der Waals surface area contributed by atoms with Gasteiger partial charge in [-0.05, 0) is 43.2 Å². The van der Waals surface area contributed by atoms with Gasteiger partial charge in [-0.1, -0.05) is 19.1 Å². The molecule has 10 nitrogen and oxygen atoms in total. The molecule has 0 bridgehead atoms. The third-order valence-electron chi connectivity index (χ3n) is 6.25. The Labute approximate surface area is 196 Å². The molecule has 0 saturated carbocycles. The Kier molecular flexibility index (Phi) is 6.36. The highest BCUT2D eigenvalue weighted by Gasteiger charge is 2.35. The number of aromatic nitrogens is 3. The summed E-state index contributed by atoms with van der Waals surface area (Å²) in [7, 11) is 1.59. The van der Waals surface area contributed by atoms with Crippen LogP contribution < -0.4 is 15.3 Å². The molecule has 0 spiro atoms. The Morgan fingerprint density at radius 2 is 1.94 bits per heavy atom. The predicted octanol–water partition coefficient (Wildman–Crippen LogP) is 2.69. The number of ether oxygens (including phenoxy) is 1. The van der Waals surface area contributed by atoms with Crippen LogP contribution in [0.5, 0.6) is 5.75 Å². The minimum Gasteiger partial charge on any atom is -0.497 e. The van der Waals surface area contributed by atoms with Crippen molar-refractivity contribution in [2.24, 2.45) is 0 Å². The van der Waals surface area contributed by atoms with Gasteiger partial charge in [0, 0.05) is 19.1 Å². The maximum Gasteiger partial charge on any atom is 0.407 e. The molecular weight excluding hydrogens is 436 g/mol. The van der Waals surface area contributed by atoms with E-state index in [4.69, 9.17) is 4.74 Å². The smallest absolute Gasteiger partial charge is 0.407 e. The molecule has 1 fully saturated rings. The lowest BCUT2D eigenvalue weighted by Crippen LogP contribution is -2.59. The van der Waals surface area contributed by atoms with Crippen molar-refractivity contribution in [1.82, 2.24) is 19.4 Å². The molecule has 0 unspecified atom stereocenters. The fourth-order valence-corrected chi connectivity index (χ4v) is 4.39. The first-order chi connectivity index (χ1) is 16.4. The fourth-order valence-electron chi connectivity index (χ4n) is 4.39. The van der Waals surface area contributed by atoms with Gasteiger partial charge in [0.1, 0.15) is 23.0 Å². The van der Waals surface area contributed by atoms with E-state index in [-0.39, 0.29) is 30.9 Å². The zero-order valence-corrected chi connectivity index (χ0v) is 19.3. The van der Waals surface area contributed by atoms with Crippen molar-refractivity contribution in [2.75, 3.05) is 25.1 Å². The summed E-state index contributed by atoms with van der Waals surface area (Å²) in [5, 5.41) is 19.0. The lowest BCUT2D eigenvalue weighted by Gasteiger charge is -2.44. The van der Waals surface area contributed by atoms with Gasteiger partial charge in [-0.2, -0.15) is 10.2 Å². The number of fused-ring (bicyclic) bond motifs is 1. The monoisotopic (exact) mass is 462 g/mol. The molecular formula is C24H26N6O4. The zero-order chi connectivity index (χ0) is 24.4. The molecule has 1 aliphatic heterocycles. The number of hydrogen-bond donors (Lipinski definition) is 1. The van der Waals surface area contributed by atoms with Gasteiger partial charge in [0.2, 0.25) is 0 Å². The molecule has 34 heavy (non-hydrogen) atoms. The fraction of sp³-hybridized carbons (Fsp3) is 0.375. The van der Waals surface area contributed by atoms with Crippen LogP contribution in [0.25, 0.3) is 11.0 Å². The average molecular weight is 463 g/mol. The number of pyridine rings is 1. The molecule has 1 saturated heterocycles. The number of nitriles is 1. The second-order valence-electron chi connectivity index (χ2n) is 8.33. The van der Waals surface area contributed by atoms with Gasteiger partial charge in [-0.15, -0.1) is 0 Å². The van der Waals surface area contributed by atoms with E-state index in [2.05, 4.69) is 16.0 Å². The summed E-state index contributed by atoms with van der Waals surface area (Å²) in [5.74, 6) is 1.09. The van der Waals surface area contributed by atoms with Crippen molar-refractivity contribution in [2.45, 2.75) is 38.9 Å². The highest BCUT2D eigenvalue weighted by atomic mass is 16.5. The van der Waals surface area contributed by atoms with Crippen LogP contribution in [0.2, 0.25) is 0 Å². The van der Waals surface area contributed by atoms with Gasteiger partial charge >= 0.3 is 11.8 Å². The summed E-state index contributed by atoms with van der Waals surface area (Å²) in [6.45, 7) is 4.77. The van der Waals surface area contributed by atoms with Crippen molar-refractivity contribution in [3.05, 3.63) is 58.1 Å². The van der Waals surface area contributed by atoms with E-state index in [1.165, 1.54) is 9.47 Å². The Balaban J connectivity index is 1.82. The Hall–Kier alpha value is -4.13. The lowest BCUT2D eigenvalue weighted by atomic mass is 10.1. The number of piperazine rings is 1. The highest BCUT2D eigenvalue weighted by Crippen LogP contribution is 2.28. The number of rotatable bonds is 5. The molecule has 1 N–H and O–H groups in total. The molecule has 0 aliphatic carbocycles. The van der Waals surface area contributed by atoms with E-state index in [1.54, 1.807) is 19.2 Å². The summed E-state index contributed by atoms with van der Waals surface area (Å²) in [4.78, 5) is 37.2. The molecule has 3 aromatic rings. The minimum absolute atomic E-state index is 0.217. The number of hydrogen-bond acceptors (Lipinski definition) is 7. The Bertz CT molecular complexity index is 1310. The largest absolute Gasteiger partial charge is 0.497 e. The van der Waals surface area contributed by atoms with Gasteiger partial charge in [0.15, 0.2) is 5.82 Å². The van der Waals surface area contributed by atoms with E-state index >= 15 is 0 Å². The van der Waals surface area contributed by atoms with Crippen LogP contribution in [-0.2, 0) is 6.54 Å². The maximum absolute atomic E-state index is 13.2. The van der Waals surface area contributed by atoms with Crippen LogP contribution in [0.4, 0.5) is 10.6 Å². The Morgan fingerprint density at radius 1 is 1.21 bits per heavy atom. The second-order valence-corrected chi connectivity index (χ2v) is 8.33. The molecule has 3 heterocycles. The van der Waals surface area contributed by atoms with Crippen molar-refractivity contribution in [3.63, 3.8) is 0 Å². The van der Waals surface area contributed by atoms with Gasteiger partial charge in [0.25, 0.3) is 0 Å². The van der Waals surface area contributed by atoms with Crippen LogP contribution in [0.3, 0.4) is 0 Å². The molecule has 2 atom stereocenters. The summed E-state index contributed by atoms with van der Waals surface area (Å²) in [5.41, 5.74) is 1.67. The van der Waals surface area contributed by atoms with Gasteiger partial charge in [0.05, 0.1) is 25.2 Å². The first-order valence-electron chi connectivity index (χ1n) is 11.1. The van der Waals surface area contributed by atoms with E-state index in [1.807, 2.05) is 43.0 Å². The highest BCUT2D eigenvalue weighted by molar-refractivity contribution is 5.86. The van der Waals surface area contributed by atoms with Crippen molar-refractivity contribution >= 4 is 22.9 Å². The summed E-state index contributed by atoms with van der Waals surface area (Å²) in [6, 6.07) is 12.3. The van der Waals surface area contributed by atoms with E-state index in [9.17, 15) is 20.0 Å². The zero-order valence-electron chi connectivity index (χ0n) is 19.3. The van der Waals surface area contributed by atoms with Crippen LogP contribution in [0.15, 0.2) is 41.2 Å².